The third kappa shape index (κ3) is 71.3. The second kappa shape index (κ2) is 70.0. The Labute approximate surface area is 565 Å². The number of likely N-dealkylation sites (N-methyl/N-ethyl adjacent to an activating group) is 1. The predicted molar refractivity (Wildman–Crippen MR) is 395 cm³/mol. The van der Waals surface area contributed by atoms with Gasteiger partial charge in [-0.3, -0.25) is 14.2 Å². The fourth-order valence-electron chi connectivity index (χ4n) is 11.4. The lowest BCUT2D eigenvalue weighted by Gasteiger charge is -2.30. The fraction of sp³-hybridized carbons (Fsp3) is 0.802. The molecule has 9 nitrogen and oxygen atoms in total. The van der Waals surface area contributed by atoms with Gasteiger partial charge in [0.05, 0.1) is 33.8 Å². The summed E-state index contributed by atoms with van der Waals surface area (Å²) < 4.78 is 30.5. The van der Waals surface area contributed by atoms with E-state index in [1.807, 2.05) is 33.3 Å². The molecule has 1 amide bonds. The third-order valence-electron chi connectivity index (χ3n) is 17.3. The second-order valence-electron chi connectivity index (χ2n) is 27.5. The molecule has 0 aliphatic carbocycles. The van der Waals surface area contributed by atoms with Crippen LogP contribution in [0.1, 0.15) is 367 Å². The molecule has 0 heterocycles. The van der Waals surface area contributed by atoms with Gasteiger partial charge < -0.3 is 28.5 Å². The van der Waals surface area contributed by atoms with E-state index in [-0.39, 0.29) is 24.9 Å². The summed E-state index contributed by atoms with van der Waals surface area (Å²) in [5.41, 5.74) is 0. The molecular weight excluding hydrogens is 1140 g/mol. The van der Waals surface area contributed by atoms with Crippen LogP contribution in [-0.4, -0.2) is 69.4 Å². The molecule has 0 rings (SSSR count). The summed E-state index contributed by atoms with van der Waals surface area (Å²) in [4.78, 5) is 40.3. The van der Waals surface area contributed by atoms with Crippen LogP contribution in [0.3, 0.4) is 0 Å². The maximum Gasteiger partial charge on any atom is 0.306 e. The minimum absolute atomic E-state index is 0.0255. The number of rotatable bonds is 71. The van der Waals surface area contributed by atoms with Gasteiger partial charge >= 0.3 is 5.97 Å². The summed E-state index contributed by atoms with van der Waals surface area (Å²) in [5, 5.41) is 3.05. The largest absolute Gasteiger partial charge is 0.756 e. The van der Waals surface area contributed by atoms with E-state index in [1.165, 1.54) is 225 Å². The maximum atomic E-state index is 13.6. The Bertz CT molecular complexity index is 1830. The minimum atomic E-state index is -4.71. The molecule has 10 heteroatoms. The molecule has 91 heavy (non-hydrogen) atoms. The summed E-state index contributed by atoms with van der Waals surface area (Å²) in [6, 6.07) is -0.896. The van der Waals surface area contributed by atoms with Crippen molar-refractivity contribution in [3.8, 4) is 0 Å². The maximum absolute atomic E-state index is 13.6. The van der Waals surface area contributed by atoms with Crippen LogP contribution in [0.2, 0.25) is 0 Å². The molecule has 0 aliphatic heterocycles. The zero-order valence-electron chi connectivity index (χ0n) is 60.8. The van der Waals surface area contributed by atoms with Crippen LogP contribution < -0.4 is 10.2 Å². The number of phosphoric ester groups is 1. The molecule has 0 saturated heterocycles. The van der Waals surface area contributed by atoms with Crippen molar-refractivity contribution in [2.24, 2.45) is 0 Å². The average molecular weight is 1290 g/mol. The number of phosphoric acid groups is 1. The molecule has 1 N–H and O–H groups in total. The van der Waals surface area contributed by atoms with Crippen LogP contribution in [0.25, 0.3) is 0 Å². The molecule has 0 aromatic carbocycles. The van der Waals surface area contributed by atoms with Gasteiger partial charge in [0.1, 0.15) is 19.3 Å². The molecule has 0 aromatic heterocycles. The molecule has 0 aromatic rings. The summed E-state index contributed by atoms with van der Waals surface area (Å²) >= 11 is 0. The monoisotopic (exact) mass is 1290 g/mol. The Kier molecular flexibility index (Phi) is 67.8. The van der Waals surface area contributed by atoms with Gasteiger partial charge in [-0.2, -0.15) is 0 Å². The summed E-state index contributed by atoms with van der Waals surface area (Å²) in [7, 11) is 1.18. The van der Waals surface area contributed by atoms with Crippen LogP contribution in [0, 0.1) is 0 Å². The van der Waals surface area contributed by atoms with Crippen LogP contribution in [0.5, 0.6) is 0 Å². The van der Waals surface area contributed by atoms with Crippen molar-refractivity contribution in [1.82, 2.24) is 5.32 Å². The van der Waals surface area contributed by atoms with Crippen molar-refractivity contribution < 1.29 is 37.3 Å². The van der Waals surface area contributed by atoms with Crippen molar-refractivity contribution >= 4 is 19.7 Å². The van der Waals surface area contributed by atoms with Crippen molar-refractivity contribution in [3.05, 3.63) is 85.1 Å². The highest BCUT2D eigenvalue weighted by molar-refractivity contribution is 7.45. The second-order valence-corrected chi connectivity index (χ2v) is 28.9. The van der Waals surface area contributed by atoms with E-state index in [9.17, 15) is 19.0 Å². The lowest BCUT2D eigenvalue weighted by atomic mass is 10.0. The number of hydrogen-bond acceptors (Lipinski definition) is 7. The normalized spacial score (nSPS) is 13.9. The van der Waals surface area contributed by atoms with E-state index in [2.05, 4.69) is 99.0 Å². The number of allylic oxidation sites excluding steroid dienone is 13. The highest BCUT2D eigenvalue weighted by atomic mass is 31.2. The number of nitrogens with one attached hydrogen (secondary N) is 1. The van der Waals surface area contributed by atoms with Gasteiger partial charge in [0.2, 0.25) is 5.91 Å². The topological polar surface area (TPSA) is 114 Å². The Morgan fingerprint density at radius 1 is 0.396 bits per heavy atom. The van der Waals surface area contributed by atoms with Crippen molar-refractivity contribution in [3.63, 3.8) is 0 Å². The summed E-state index contributed by atoms with van der Waals surface area (Å²) in [6.07, 6.45) is 94.5. The minimum Gasteiger partial charge on any atom is -0.756 e. The Morgan fingerprint density at radius 2 is 0.703 bits per heavy atom. The molecular formula is C81H149N2O7P. The van der Waals surface area contributed by atoms with Crippen LogP contribution in [0.4, 0.5) is 0 Å². The molecule has 0 saturated carbocycles. The number of nitrogens with zero attached hydrogens (tertiary/aromatic N) is 1. The van der Waals surface area contributed by atoms with Crippen molar-refractivity contribution in [1.29, 1.82) is 0 Å². The van der Waals surface area contributed by atoms with Crippen LogP contribution in [0.15, 0.2) is 85.1 Å². The first kappa shape index (κ1) is 88.2. The highest BCUT2D eigenvalue weighted by Gasteiger charge is 2.27. The smallest absolute Gasteiger partial charge is 0.306 e. The summed E-state index contributed by atoms with van der Waals surface area (Å²) in [6.45, 7) is 6.77. The lowest BCUT2D eigenvalue weighted by Crippen LogP contribution is -2.47. The summed E-state index contributed by atoms with van der Waals surface area (Å²) in [5.74, 6) is -0.539. The molecule has 3 atom stereocenters. The number of unbranched alkanes of at least 4 members (excludes halogenated alkanes) is 43. The molecule has 0 aliphatic rings. The standard InChI is InChI=1S/C81H149N2O7P/c1-7-10-13-16-19-22-25-27-29-31-33-35-37-39-41-43-45-47-49-51-53-55-58-61-64-67-70-73-80(84)82-78(77-89-91(86,87)88-76-75-83(4,5)6)79(72-69-66-63-60-57-24-21-18-15-12-9-3)90-81(85)74-71-68-65-62-59-56-54-52-50-48-46-44-42-40-38-36-34-32-30-28-26-23-20-17-14-11-8-2/h10,13,19,22,27,29,33,35,39,41,45,47,69,72,78-79H,7-9,11-12,14-18,20-21,23-26,28,30-32,34,36-38,40,42-44,46,48-68,70-71,73-77H2,1-6H3,(H-,82,84,86,87)/b13-10-,22-19-,29-27-,35-33-,41-39-,47-45-,72-69+. The number of quaternary nitrogens is 1. The number of ether oxygens (including phenoxy) is 1. The zero-order valence-corrected chi connectivity index (χ0v) is 61.7. The van der Waals surface area contributed by atoms with Gasteiger partial charge in [0, 0.05) is 12.8 Å². The zero-order chi connectivity index (χ0) is 66.3. The lowest BCUT2D eigenvalue weighted by molar-refractivity contribution is -0.870. The van der Waals surface area contributed by atoms with Crippen LogP contribution >= 0.6 is 7.82 Å². The van der Waals surface area contributed by atoms with Gasteiger partial charge in [0.25, 0.3) is 7.82 Å². The van der Waals surface area contributed by atoms with Gasteiger partial charge in [0.15, 0.2) is 0 Å². The highest BCUT2D eigenvalue weighted by Crippen LogP contribution is 2.38. The molecule has 0 spiro atoms. The average Bonchev–Trinajstić information content (AvgIpc) is 3.08. The SMILES string of the molecule is CC/C=C\C/C=C\C/C=C\C/C=C\C/C=C\C/C=C\CCCCCCCCCCC(=O)NC(COP(=O)([O-])OCC[N+](C)(C)C)C(/C=C/CCCCCCCCCCC)OC(=O)CCCCCCCCCCCCCCCCCCCCCCCCCCCCC. The van der Waals surface area contributed by atoms with Gasteiger partial charge in [-0.1, -0.05) is 357 Å². The Hall–Kier alpha value is -2.81. The van der Waals surface area contributed by atoms with Crippen LogP contribution in [-0.2, 0) is 27.9 Å². The van der Waals surface area contributed by atoms with E-state index >= 15 is 0 Å². The number of amides is 1. The van der Waals surface area contributed by atoms with E-state index in [1.54, 1.807) is 0 Å². The number of esters is 1. The molecule has 3 unspecified atom stereocenters. The quantitative estimate of drug-likeness (QED) is 0.0212. The van der Waals surface area contributed by atoms with E-state index < -0.39 is 26.6 Å². The first-order valence-electron chi connectivity index (χ1n) is 38.9. The number of hydrogen-bond donors (Lipinski definition) is 1. The number of carbonyl (C=O) groups is 2. The first-order chi connectivity index (χ1) is 44.4. The predicted octanol–water partition coefficient (Wildman–Crippen LogP) is 24.6. The van der Waals surface area contributed by atoms with Crippen molar-refractivity contribution in [2.75, 3.05) is 40.9 Å². The Morgan fingerprint density at radius 3 is 1.05 bits per heavy atom. The fourth-order valence-corrected chi connectivity index (χ4v) is 12.1. The van der Waals surface area contributed by atoms with E-state index in [4.69, 9.17) is 13.8 Å². The third-order valence-corrected chi connectivity index (χ3v) is 18.3. The number of carbonyl (C=O) groups excluding carboxylic acids is 2. The molecule has 530 valence electrons. The van der Waals surface area contributed by atoms with Crippen molar-refractivity contribution in [2.45, 2.75) is 380 Å². The van der Waals surface area contributed by atoms with E-state index in [0.29, 0.717) is 17.4 Å². The van der Waals surface area contributed by atoms with Gasteiger partial charge in [-0.05, 0) is 83.1 Å². The molecule has 0 radical (unpaired) electrons. The molecule has 0 bridgehead atoms. The Balaban J connectivity index is 4.91. The van der Waals surface area contributed by atoms with Gasteiger partial charge in [-0.25, -0.2) is 0 Å². The first-order valence-corrected chi connectivity index (χ1v) is 40.4. The van der Waals surface area contributed by atoms with Gasteiger partial charge in [-0.15, -0.1) is 0 Å². The van der Waals surface area contributed by atoms with E-state index in [0.717, 1.165) is 109 Å². The molecule has 0 fully saturated rings.